The Labute approximate surface area is 100 Å². The Morgan fingerprint density at radius 2 is 2.13 bits per heavy atom. The highest BCUT2D eigenvalue weighted by Crippen LogP contribution is 2.28. The molecule has 3 heteroatoms. The van der Waals surface area contributed by atoms with Gasteiger partial charge in [-0.25, -0.2) is 0 Å². The zero-order valence-electron chi connectivity index (χ0n) is 9.51. The smallest absolute Gasteiger partial charge is 0.133 e. The molecule has 0 aliphatic carbocycles. The van der Waals surface area contributed by atoms with Crippen LogP contribution in [0, 0.1) is 0 Å². The van der Waals surface area contributed by atoms with Crippen molar-refractivity contribution in [3.05, 3.63) is 28.2 Å². The average Bonchev–Trinajstić information content (AvgIpc) is 2.25. The summed E-state index contributed by atoms with van der Waals surface area (Å²) in [6.45, 7) is 5.30. The van der Waals surface area contributed by atoms with Gasteiger partial charge in [0.2, 0.25) is 0 Å². The van der Waals surface area contributed by atoms with Crippen molar-refractivity contribution in [1.82, 2.24) is 5.32 Å². The third kappa shape index (κ3) is 3.21. The molecule has 0 fully saturated rings. The van der Waals surface area contributed by atoms with Crippen LogP contribution >= 0.6 is 15.9 Å². The molecule has 0 aliphatic rings. The van der Waals surface area contributed by atoms with Crippen LogP contribution in [0.4, 0.5) is 0 Å². The molecule has 0 aliphatic heterocycles. The van der Waals surface area contributed by atoms with Crippen LogP contribution < -0.4 is 10.1 Å². The van der Waals surface area contributed by atoms with Crippen molar-refractivity contribution in [2.45, 2.75) is 26.3 Å². The number of hydrogen-bond acceptors (Lipinski definition) is 2. The van der Waals surface area contributed by atoms with Gasteiger partial charge in [-0.3, -0.25) is 0 Å². The van der Waals surface area contributed by atoms with Gasteiger partial charge >= 0.3 is 0 Å². The molecule has 15 heavy (non-hydrogen) atoms. The summed E-state index contributed by atoms with van der Waals surface area (Å²) < 4.78 is 6.22. The van der Waals surface area contributed by atoms with Crippen molar-refractivity contribution in [2.24, 2.45) is 0 Å². The van der Waals surface area contributed by atoms with Gasteiger partial charge in [-0.1, -0.05) is 19.9 Å². The van der Waals surface area contributed by atoms with Crippen molar-refractivity contribution < 1.29 is 4.74 Å². The van der Waals surface area contributed by atoms with Crippen LogP contribution in [-0.4, -0.2) is 13.7 Å². The van der Waals surface area contributed by atoms with Gasteiger partial charge in [0.15, 0.2) is 0 Å². The first kappa shape index (κ1) is 12.5. The number of rotatable bonds is 5. The van der Waals surface area contributed by atoms with Gasteiger partial charge in [-0.2, -0.15) is 0 Å². The van der Waals surface area contributed by atoms with E-state index in [0.717, 1.165) is 23.2 Å². The molecule has 84 valence electrons. The lowest BCUT2D eigenvalue weighted by Gasteiger charge is -2.17. The lowest BCUT2D eigenvalue weighted by atomic mass is 10.0. The zero-order chi connectivity index (χ0) is 11.3. The highest BCUT2D eigenvalue weighted by atomic mass is 79.9. The summed E-state index contributed by atoms with van der Waals surface area (Å²) in [5, 5.41) is 3.45. The monoisotopic (exact) mass is 271 g/mol. The summed E-state index contributed by atoms with van der Waals surface area (Å²) in [4.78, 5) is 0. The van der Waals surface area contributed by atoms with E-state index in [2.05, 4.69) is 47.2 Å². The molecule has 1 rings (SSSR count). The van der Waals surface area contributed by atoms with Crippen LogP contribution in [0.5, 0.6) is 5.75 Å². The fourth-order valence-electron chi connectivity index (χ4n) is 1.64. The topological polar surface area (TPSA) is 21.3 Å². The minimum atomic E-state index is 0.428. The summed E-state index contributed by atoms with van der Waals surface area (Å²) in [5.74, 6) is 0.880. The summed E-state index contributed by atoms with van der Waals surface area (Å²) in [6, 6.07) is 6.66. The maximum atomic E-state index is 5.21. The van der Waals surface area contributed by atoms with Crippen molar-refractivity contribution in [3.63, 3.8) is 0 Å². The predicted octanol–water partition coefficient (Wildman–Crippen LogP) is 3.52. The SMILES string of the molecule is CCNC(CC)c1ccc(OC)c(Br)c1. The Morgan fingerprint density at radius 3 is 2.60 bits per heavy atom. The Kier molecular flexibility index (Phi) is 5.12. The van der Waals surface area contributed by atoms with E-state index < -0.39 is 0 Å². The van der Waals surface area contributed by atoms with Crippen LogP contribution in [0.3, 0.4) is 0 Å². The van der Waals surface area contributed by atoms with Gasteiger partial charge in [-0.15, -0.1) is 0 Å². The molecule has 0 saturated heterocycles. The second-order valence-electron chi connectivity index (χ2n) is 3.41. The molecule has 1 N–H and O–H groups in total. The van der Waals surface area contributed by atoms with Crippen molar-refractivity contribution in [1.29, 1.82) is 0 Å². The van der Waals surface area contributed by atoms with Crippen LogP contribution in [0.25, 0.3) is 0 Å². The van der Waals surface area contributed by atoms with Crippen molar-refractivity contribution in [2.75, 3.05) is 13.7 Å². The molecule has 2 nitrogen and oxygen atoms in total. The molecule has 0 aromatic heterocycles. The number of benzene rings is 1. The summed E-state index contributed by atoms with van der Waals surface area (Å²) in [6.07, 6.45) is 1.09. The number of ether oxygens (including phenoxy) is 1. The summed E-state index contributed by atoms with van der Waals surface area (Å²) in [5.41, 5.74) is 1.30. The van der Waals surface area contributed by atoms with Crippen LogP contribution in [-0.2, 0) is 0 Å². The largest absolute Gasteiger partial charge is 0.496 e. The molecule has 1 unspecified atom stereocenters. The molecule has 1 atom stereocenters. The Hall–Kier alpha value is -0.540. The summed E-state index contributed by atoms with van der Waals surface area (Å²) >= 11 is 3.50. The highest BCUT2D eigenvalue weighted by molar-refractivity contribution is 9.10. The van der Waals surface area contributed by atoms with E-state index in [4.69, 9.17) is 4.74 Å². The predicted molar refractivity (Wildman–Crippen MR) is 67.4 cm³/mol. The molecule has 0 heterocycles. The fourth-order valence-corrected chi connectivity index (χ4v) is 2.20. The van der Waals surface area contributed by atoms with Gasteiger partial charge in [0.05, 0.1) is 11.6 Å². The van der Waals surface area contributed by atoms with Gasteiger partial charge in [0, 0.05) is 6.04 Å². The van der Waals surface area contributed by atoms with Gasteiger partial charge in [0.25, 0.3) is 0 Å². The van der Waals surface area contributed by atoms with Crippen molar-refractivity contribution >= 4 is 15.9 Å². The average molecular weight is 272 g/mol. The van der Waals surface area contributed by atoms with E-state index in [-0.39, 0.29) is 0 Å². The molecule has 0 radical (unpaired) electrons. The first-order valence-electron chi connectivity index (χ1n) is 5.29. The van der Waals surface area contributed by atoms with Crippen LogP contribution in [0.15, 0.2) is 22.7 Å². The second-order valence-corrected chi connectivity index (χ2v) is 4.27. The molecular weight excluding hydrogens is 254 g/mol. The first-order valence-corrected chi connectivity index (χ1v) is 6.09. The number of nitrogens with one attached hydrogen (secondary N) is 1. The van der Waals surface area contributed by atoms with Gasteiger partial charge < -0.3 is 10.1 Å². The molecule has 0 saturated carbocycles. The Morgan fingerprint density at radius 1 is 1.40 bits per heavy atom. The number of methoxy groups -OCH3 is 1. The quantitative estimate of drug-likeness (QED) is 0.885. The highest BCUT2D eigenvalue weighted by Gasteiger charge is 2.09. The van der Waals surface area contributed by atoms with Crippen LogP contribution in [0.1, 0.15) is 31.9 Å². The normalized spacial score (nSPS) is 12.5. The zero-order valence-corrected chi connectivity index (χ0v) is 11.1. The Balaban J connectivity index is 2.89. The first-order chi connectivity index (χ1) is 7.22. The van der Waals surface area contributed by atoms with Crippen molar-refractivity contribution in [3.8, 4) is 5.75 Å². The number of hydrogen-bond donors (Lipinski definition) is 1. The molecule has 1 aromatic carbocycles. The van der Waals surface area contributed by atoms with E-state index in [0.29, 0.717) is 6.04 Å². The van der Waals surface area contributed by atoms with Gasteiger partial charge in [0.1, 0.15) is 5.75 Å². The standard InChI is InChI=1S/C12H18BrNO/c1-4-11(14-5-2)9-6-7-12(15-3)10(13)8-9/h6-8,11,14H,4-5H2,1-3H3. The van der Waals surface area contributed by atoms with E-state index >= 15 is 0 Å². The molecule has 0 spiro atoms. The van der Waals surface area contributed by atoms with Crippen LogP contribution in [0.2, 0.25) is 0 Å². The van der Waals surface area contributed by atoms with E-state index in [1.54, 1.807) is 7.11 Å². The van der Waals surface area contributed by atoms with E-state index in [9.17, 15) is 0 Å². The third-order valence-electron chi connectivity index (χ3n) is 2.44. The number of halogens is 1. The molecule has 1 aromatic rings. The minimum absolute atomic E-state index is 0.428. The lowest BCUT2D eigenvalue weighted by molar-refractivity contribution is 0.411. The molecule has 0 bridgehead atoms. The van der Waals surface area contributed by atoms with E-state index in [1.165, 1.54) is 5.56 Å². The maximum Gasteiger partial charge on any atom is 0.133 e. The summed E-state index contributed by atoms with van der Waals surface area (Å²) in [7, 11) is 1.68. The van der Waals surface area contributed by atoms with E-state index in [1.807, 2.05) is 6.07 Å². The molecule has 0 amide bonds. The maximum absolute atomic E-state index is 5.21. The Bertz CT molecular complexity index is 314. The lowest BCUT2D eigenvalue weighted by Crippen LogP contribution is -2.19. The minimum Gasteiger partial charge on any atom is -0.496 e. The second kappa shape index (κ2) is 6.13. The third-order valence-corrected chi connectivity index (χ3v) is 3.06. The van der Waals surface area contributed by atoms with Gasteiger partial charge in [-0.05, 0) is 46.6 Å². The fraction of sp³-hybridized carbons (Fsp3) is 0.500. The molecular formula is C12H18BrNO.